The van der Waals surface area contributed by atoms with E-state index in [1.807, 2.05) is 0 Å². The largest absolute Gasteiger partial charge is 0.348 e. The van der Waals surface area contributed by atoms with Gasteiger partial charge in [0.2, 0.25) is 10.0 Å². The average molecular weight is 339 g/mol. The van der Waals surface area contributed by atoms with Crippen LogP contribution in [0, 0.1) is 5.92 Å². The predicted octanol–water partition coefficient (Wildman–Crippen LogP) is 1.25. The Morgan fingerprint density at radius 3 is 2.39 bits per heavy atom. The molecule has 0 radical (unpaired) electrons. The molecule has 0 aromatic heterocycles. The van der Waals surface area contributed by atoms with Crippen LogP contribution < -0.4 is 15.8 Å². The molecule has 1 aromatic rings. The van der Waals surface area contributed by atoms with Gasteiger partial charge in [-0.15, -0.1) is 6.58 Å². The first-order chi connectivity index (χ1) is 10.8. The van der Waals surface area contributed by atoms with E-state index < -0.39 is 10.0 Å². The number of nitrogens with one attached hydrogen (secondary N) is 2. The van der Waals surface area contributed by atoms with Crippen LogP contribution in [0.1, 0.15) is 30.6 Å². The molecule has 6 nitrogen and oxygen atoms in total. The zero-order valence-corrected chi connectivity index (χ0v) is 14.4. The predicted molar refractivity (Wildman–Crippen MR) is 91.6 cm³/mol. The summed E-state index contributed by atoms with van der Waals surface area (Å²) in [6.45, 7) is 8.09. The van der Waals surface area contributed by atoms with Crippen molar-refractivity contribution in [3.05, 3.63) is 42.5 Å². The van der Waals surface area contributed by atoms with Gasteiger partial charge in [0.05, 0.1) is 4.90 Å². The standard InChI is InChI=1S/C16H25N3O3S/c1-4-9-18-23(21,22)15-7-5-13(6-8-15)16(20)19-14(11-17)10-12(2)3/h4-8,12,14,18H,1,9-11,17H2,2-3H3,(H,19,20). The summed E-state index contributed by atoms with van der Waals surface area (Å²) in [6.07, 6.45) is 2.25. The maximum atomic E-state index is 12.2. The van der Waals surface area contributed by atoms with E-state index in [-0.39, 0.29) is 23.4 Å². The number of sulfonamides is 1. The lowest BCUT2D eigenvalue weighted by Gasteiger charge is -2.18. The van der Waals surface area contributed by atoms with E-state index in [1.165, 1.54) is 30.3 Å². The lowest BCUT2D eigenvalue weighted by atomic mass is 10.0. The Balaban J connectivity index is 2.79. The molecule has 0 aliphatic carbocycles. The highest BCUT2D eigenvalue weighted by Crippen LogP contribution is 2.11. The van der Waals surface area contributed by atoms with Gasteiger partial charge in [-0.25, -0.2) is 13.1 Å². The van der Waals surface area contributed by atoms with Crippen molar-refractivity contribution in [3.8, 4) is 0 Å². The molecule has 1 amide bonds. The summed E-state index contributed by atoms with van der Waals surface area (Å²) in [5.41, 5.74) is 6.06. The van der Waals surface area contributed by atoms with E-state index in [9.17, 15) is 13.2 Å². The first kappa shape index (κ1) is 19.3. The fourth-order valence-electron chi connectivity index (χ4n) is 2.09. The van der Waals surface area contributed by atoms with Crippen molar-refractivity contribution in [3.63, 3.8) is 0 Å². The number of carbonyl (C=O) groups excluding carboxylic acids is 1. The van der Waals surface area contributed by atoms with Crippen molar-refractivity contribution in [1.29, 1.82) is 0 Å². The molecular formula is C16H25N3O3S. The molecule has 1 atom stereocenters. The zero-order chi connectivity index (χ0) is 17.5. The number of rotatable bonds is 9. The second kappa shape index (κ2) is 8.81. The van der Waals surface area contributed by atoms with Crippen LogP contribution >= 0.6 is 0 Å². The number of amides is 1. The lowest BCUT2D eigenvalue weighted by molar-refractivity contribution is 0.0933. The Labute approximate surface area is 138 Å². The first-order valence-electron chi connectivity index (χ1n) is 7.51. The Kier molecular flexibility index (Phi) is 7.41. The summed E-state index contributed by atoms with van der Waals surface area (Å²) >= 11 is 0. The third kappa shape index (κ3) is 6.13. The molecule has 0 saturated carbocycles. The Bertz CT molecular complexity index is 624. The van der Waals surface area contributed by atoms with Gasteiger partial charge in [-0.2, -0.15) is 0 Å². The Morgan fingerprint density at radius 2 is 1.91 bits per heavy atom. The SMILES string of the molecule is C=CCNS(=O)(=O)c1ccc(C(=O)NC(CN)CC(C)C)cc1. The number of nitrogens with two attached hydrogens (primary N) is 1. The maximum Gasteiger partial charge on any atom is 0.251 e. The van der Waals surface area contributed by atoms with Crippen LogP contribution in [0.25, 0.3) is 0 Å². The zero-order valence-electron chi connectivity index (χ0n) is 13.6. The van der Waals surface area contributed by atoms with Crippen LogP contribution in [0.5, 0.6) is 0 Å². The molecule has 23 heavy (non-hydrogen) atoms. The van der Waals surface area contributed by atoms with Crippen LogP contribution in [-0.2, 0) is 10.0 Å². The molecule has 0 fully saturated rings. The fraction of sp³-hybridized carbons (Fsp3) is 0.438. The van der Waals surface area contributed by atoms with E-state index in [0.29, 0.717) is 18.0 Å². The Hall–Kier alpha value is -1.70. The summed E-state index contributed by atoms with van der Waals surface area (Å²) in [7, 11) is -3.58. The second-order valence-electron chi connectivity index (χ2n) is 5.70. The summed E-state index contributed by atoms with van der Waals surface area (Å²) in [4.78, 5) is 12.3. The van der Waals surface area contributed by atoms with Crippen molar-refractivity contribution in [2.45, 2.75) is 31.2 Å². The van der Waals surface area contributed by atoms with Crippen LogP contribution in [-0.4, -0.2) is 33.5 Å². The third-order valence-electron chi connectivity index (χ3n) is 3.22. The normalized spacial score (nSPS) is 12.9. The number of carbonyl (C=O) groups is 1. The molecule has 7 heteroatoms. The molecule has 0 aliphatic rings. The third-order valence-corrected chi connectivity index (χ3v) is 4.66. The quantitative estimate of drug-likeness (QED) is 0.589. The number of benzene rings is 1. The highest BCUT2D eigenvalue weighted by molar-refractivity contribution is 7.89. The highest BCUT2D eigenvalue weighted by Gasteiger charge is 2.16. The van der Waals surface area contributed by atoms with Crippen molar-refractivity contribution in [2.75, 3.05) is 13.1 Å². The van der Waals surface area contributed by atoms with Crippen molar-refractivity contribution < 1.29 is 13.2 Å². The molecule has 0 heterocycles. The van der Waals surface area contributed by atoms with Crippen LogP contribution in [0.4, 0.5) is 0 Å². The topological polar surface area (TPSA) is 101 Å². The molecule has 0 saturated heterocycles. The van der Waals surface area contributed by atoms with Gasteiger partial charge in [-0.1, -0.05) is 19.9 Å². The monoisotopic (exact) mass is 339 g/mol. The van der Waals surface area contributed by atoms with E-state index in [4.69, 9.17) is 5.73 Å². The van der Waals surface area contributed by atoms with Gasteiger partial charge in [0.1, 0.15) is 0 Å². The van der Waals surface area contributed by atoms with Gasteiger partial charge in [0, 0.05) is 24.7 Å². The van der Waals surface area contributed by atoms with Crippen molar-refractivity contribution in [2.24, 2.45) is 11.7 Å². The van der Waals surface area contributed by atoms with Crippen molar-refractivity contribution >= 4 is 15.9 Å². The first-order valence-corrected chi connectivity index (χ1v) is 9.00. The summed E-state index contributed by atoms with van der Waals surface area (Å²) in [5, 5.41) is 2.86. The van der Waals surface area contributed by atoms with E-state index in [2.05, 4.69) is 30.5 Å². The highest BCUT2D eigenvalue weighted by atomic mass is 32.2. The molecule has 1 rings (SSSR count). The van der Waals surface area contributed by atoms with E-state index >= 15 is 0 Å². The molecule has 4 N–H and O–H groups in total. The molecule has 1 aromatic carbocycles. The van der Waals surface area contributed by atoms with Crippen LogP contribution in [0.3, 0.4) is 0 Å². The van der Waals surface area contributed by atoms with Gasteiger partial charge in [0.25, 0.3) is 5.91 Å². The molecule has 0 spiro atoms. The fourth-order valence-corrected chi connectivity index (χ4v) is 3.09. The van der Waals surface area contributed by atoms with Gasteiger partial charge in [0.15, 0.2) is 0 Å². The van der Waals surface area contributed by atoms with Gasteiger partial charge in [-0.3, -0.25) is 4.79 Å². The van der Waals surface area contributed by atoms with Crippen molar-refractivity contribution in [1.82, 2.24) is 10.0 Å². The summed E-state index contributed by atoms with van der Waals surface area (Å²) in [5.74, 6) is 0.163. The molecule has 1 unspecified atom stereocenters. The van der Waals surface area contributed by atoms with E-state index in [0.717, 1.165) is 6.42 Å². The smallest absolute Gasteiger partial charge is 0.251 e. The number of hydrogen-bond donors (Lipinski definition) is 3. The minimum Gasteiger partial charge on any atom is -0.348 e. The average Bonchev–Trinajstić information content (AvgIpc) is 2.52. The second-order valence-corrected chi connectivity index (χ2v) is 7.47. The lowest BCUT2D eigenvalue weighted by Crippen LogP contribution is -2.41. The number of hydrogen-bond acceptors (Lipinski definition) is 4. The van der Waals surface area contributed by atoms with E-state index in [1.54, 1.807) is 0 Å². The Morgan fingerprint density at radius 1 is 1.30 bits per heavy atom. The van der Waals surface area contributed by atoms with Crippen LogP contribution in [0.2, 0.25) is 0 Å². The van der Waals surface area contributed by atoms with Crippen LogP contribution in [0.15, 0.2) is 41.8 Å². The summed E-state index contributed by atoms with van der Waals surface area (Å²) < 4.78 is 26.3. The van der Waals surface area contributed by atoms with Gasteiger partial charge < -0.3 is 11.1 Å². The summed E-state index contributed by atoms with van der Waals surface area (Å²) in [6, 6.07) is 5.68. The van der Waals surface area contributed by atoms with Gasteiger partial charge in [-0.05, 0) is 36.6 Å². The molecule has 128 valence electrons. The molecule has 0 aliphatic heterocycles. The minimum atomic E-state index is -3.58. The molecule has 0 bridgehead atoms. The van der Waals surface area contributed by atoms with Gasteiger partial charge >= 0.3 is 0 Å². The maximum absolute atomic E-state index is 12.2. The molecular weight excluding hydrogens is 314 g/mol. The minimum absolute atomic E-state index is 0.0971.